The van der Waals surface area contributed by atoms with E-state index in [-0.39, 0.29) is 18.5 Å². The lowest BCUT2D eigenvalue weighted by Gasteiger charge is -2.24. The summed E-state index contributed by atoms with van der Waals surface area (Å²) in [5.41, 5.74) is 0.686. The maximum Gasteiger partial charge on any atom is 0.326 e. The van der Waals surface area contributed by atoms with Crippen LogP contribution in [-0.4, -0.2) is 50.6 Å². The first-order valence-corrected chi connectivity index (χ1v) is 6.89. The number of carbonyl (C=O) groups is 2. The van der Waals surface area contributed by atoms with Gasteiger partial charge in [-0.1, -0.05) is 6.92 Å². The van der Waals surface area contributed by atoms with Crippen molar-refractivity contribution in [3.63, 3.8) is 0 Å². The van der Waals surface area contributed by atoms with Crippen LogP contribution in [0.1, 0.15) is 31.9 Å². The van der Waals surface area contributed by atoms with Gasteiger partial charge in [-0.2, -0.15) is 0 Å². The zero-order chi connectivity index (χ0) is 14.5. The number of rotatable bonds is 7. The van der Waals surface area contributed by atoms with Crippen molar-refractivity contribution >= 4 is 12.0 Å². The van der Waals surface area contributed by atoms with Crippen LogP contribution in [0.3, 0.4) is 0 Å². The Bertz CT molecular complexity index is 456. The second-order valence-corrected chi connectivity index (χ2v) is 5.05. The van der Waals surface area contributed by atoms with Crippen LogP contribution in [0.5, 0.6) is 0 Å². The Morgan fingerprint density at radius 1 is 1.60 bits per heavy atom. The number of hydrogen-bond donors (Lipinski definition) is 3. The first-order chi connectivity index (χ1) is 9.61. The van der Waals surface area contributed by atoms with Crippen molar-refractivity contribution in [3.05, 3.63) is 18.2 Å². The van der Waals surface area contributed by atoms with Crippen molar-refractivity contribution in [2.75, 3.05) is 6.54 Å². The van der Waals surface area contributed by atoms with Gasteiger partial charge < -0.3 is 20.3 Å². The fourth-order valence-electron chi connectivity index (χ4n) is 2.13. The number of nitrogens with zero attached hydrogens (tertiary/aromatic N) is 2. The van der Waals surface area contributed by atoms with Gasteiger partial charge in [0.25, 0.3) is 0 Å². The molecule has 1 aliphatic rings. The minimum atomic E-state index is -1.04. The second-order valence-electron chi connectivity index (χ2n) is 5.05. The molecule has 1 aliphatic carbocycles. The highest BCUT2D eigenvalue weighted by Crippen LogP contribution is 2.27. The van der Waals surface area contributed by atoms with Crippen molar-refractivity contribution in [2.24, 2.45) is 0 Å². The van der Waals surface area contributed by atoms with Gasteiger partial charge >= 0.3 is 12.0 Å². The topological polar surface area (TPSA) is 98.3 Å². The number of nitrogens with one attached hydrogen (secondary N) is 2. The molecule has 7 heteroatoms. The van der Waals surface area contributed by atoms with E-state index in [4.69, 9.17) is 0 Å². The fourth-order valence-corrected chi connectivity index (χ4v) is 2.13. The molecule has 1 fully saturated rings. The van der Waals surface area contributed by atoms with E-state index < -0.39 is 12.0 Å². The number of hydrogen-bond acceptors (Lipinski definition) is 3. The molecule has 2 amide bonds. The van der Waals surface area contributed by atoms with Crippen LogP contribution in [0.4, 0.5) is 4.79 Å². The Balaban J connectivity index is 1.96. The Kier molecular flexibility index (Phi) is 4.60. The Morgan fingerprint density at radius 2 is 2.35 bits per heavy atom. The molecule has 1 aromatic heterocycles. The van der Waals surface area contributed by atoms with Gasteiger partial charge in [0.15, 0.2) is 0 Å². The average Bonchev–Trinajstić information content (AvgIpc) is 3.12. The summed E-state index contributed by atoms with van der Waals surface area (Å²) in [4.78, 5) is 31.9. The fraction of sp³-hybridized carbons (Fsp3) is 0.615. The molecule has 3 N–H and O–H groups in total. The molecule has 0 bridgehead atoms. The molecular weight excluding hydrogens is 260 g/mol. The lowest BCUT2D eigenvalue weighted by atomic mass is 10.1. The molecule has 0 unspecified atom stereocenters. The van der Waals surface area contributed by atoms with Crippen molar-refractivity contribution < 1.29 is 14.7 Å². The summed E-state index contributed by atoms with van der Waals surface area (Å²) in [6.07, 6.45) is 6.13. The largest absolute Gasteiger partial charge is 0.480 e. The van der Waals surface area contributed by atoms with Gasteiger partial charge in [0.05, 0.1) is 6.33 Å². The summed E-state index contributed by atoms with van der Waals surface area (Å²) in [7, 11) is 0. The van der Waals surface area contributed by atoms with Crippen LogP contribution in [0.15, 0.2) is 12.5 Å². The predicted octanol–water partition coefficient (Wildman–Crippen LogP) is 0.989. The van der Waals surface area contributed by atoms with Gasteiger partial charge in [0.2, 0.25) is 0 Å². The van der Waals surface area contributed by atoms with Crippen LogP contribution in [0.2, 0.25) is 0 Å². The molecule has 1 aromatic rings. The quantitative estimate of drug-likeness (QED) is 0.693. The van der Waals surface area contributed by atoms with E-state index in [2.05, 4.69) is 15.3 Å². The van der Waals surface area contributed by atoms with Gasteiger partial charge in [-0.05, 0) is 19.3 Å². The van der Waals surface area contributed by atoms with Crippen LogP contribution >= 0.6 is 0 Å². The number of carboxylic acid groups (broad SMARTS) is 1. The standard InChI is InChI=1S/C13H20N4O3/c1-2-5-17(10-3-4-10)13(20)16-11(12(18)19)6-9-7-14-8-15-9/h7-8,10-11H,2-6H2,1H3,(H,14,15)(H,16,20)(H,18,19)/t11-/m0/s1. The lowest BCUT2D eigenvalue weighted by molar-refractivity contribution is -0.139. The Morgan fingerprint density at radius 3 is 2.85 bits per heavy atom. The molecule has 0 saturated heterocycles. The highest BCUT2D eigenvalue weighted by atomic mass is 16.4. The van der Waals surface area contributed by atoms with E-state index >= 15 is 0 Å². The summed E-state index contributed by atoms with van der Waals surface area (Å²) in [5.74, 6) is -1.04. The summed E-state index contributed by atoms with van der Waals surface area (Å²) in [5, 5.41) is 11.8. The molecule has 110 valence electrons. The van der Waals surface area contributed by atoms with E-state index in [1.54, 1.807) is 11.1 Å². The molecule has 1 heterocycles. The number of amides is 2. The third-order valence-corrected chi connectivity index (χ3v) is 3.29. The first-order valence-electron chi connectivity index (χ1n) is 6.89. The summed E-state index contributed by atoms with van der Waals surface area (Å²) < 4.78 is 0. The molecule has 0 spiro atoms. The predicted molar refractivity (Wildman–Crippen MR) is 72.3 cm³/mol. The van der Waals surface area contributed by atoms with E-state index in [0.717, 1.165) is 19.3 Å². The number of H-pyrrole nitrogens is 1. The zero-order valence-corrected chi connectivity index (χ0v) is 11.5. The number of carbonyl (C=O) groups excluding carboxylic acids is 1. The lowest BCUT2D eigenvalue weighted by Crippen LogP contribution is -2.49. The van der Waals surface area contributed by atoms with Crippen molar-refractivity contribution in [2.45, 2.75) is 44.7 Å². The zero-order valence-electron chi connectivity index (χ0n) is 11.5. The van der Waals surface area contributed by atoms with E-state index in [1.807, 2.05) is 6.92 Å². The van der Waals surface area contributed by atoms with Gasteiger partial charge in [-0.3, -0.25) is 0 Å². The molecule has 0 radical (unpaired) electrons. The third-order valence-electron chi connectivity index (χ3n) is 3.29. The highest BCUT2D eigenvalue weighted by molar-refractivity contribution is 5.83. The summed E-state index contributed by atoms with van der Waals surface area (Å²) >= 11 is 0. The number of aromatic nitrogens is 2. The summed E-state index contributed by atoms with van der Waals surface area (Å²) in [6.45, 7) is 2.66. The molecule has 2 rings (SSSR count). The SMILES string of the molecule is CCCN(C(=O)N[C@@H](Cc1cnc[nH]1)C(=O)O)C1CC1. The Labute approximate surface area is 117 Å². The van der Waals surface area contributed by atoms with Gasteiger partial charge in [0, 0.05) is 30.9 Å². The number of urea groups is 1. The van der Waals surface area contributed by atoms with Crippen molar-refractivity contribution in [3.8, 4) is 0 Å². The maximum atomic E-state index is 12.2. The molecule has 0 aromatic carbocycles. The third kappa shape index (κ3) is 3.72. The first kappa shape index (κ1) is 14.4. The van der Waals surface area contributed by atoms with Crippen molar-refractivity contribution in [1.29, 1.82) is 0 Å². The normalized spacial score (nSPS) is 15.7. The van der Waals surface area contributed by atoms with Crippen LogP contribution < -0.4 is 5.32 Å². The second kappa shape index (κ2) is 6.40. The molecule has 1 saturated carbocycles. The minimum Gasteiger partial charge on any atom is -0.480 e. The van der Waals surface area contributed by atoms with Gasteiger partial charge in [-0.25, -0.2) is 14.6 Å². The number of imidazole rings is 1. The molecular formula is C13H20N4O3. The number of aliphatic carboxylic acids is 1. The van der Waals surface area contributed by atoms with Crippen LogP contribution in [0, 0.1) is 0 Å². The number of carboxylic acids is 1. The molecule has 0 aliphatic heterocycles. The average molecular weight is 280 g/mol. The monoisotopic (exact) mass is 280 g/mol. The molecule has 7 nitrogen and oxygen atoms in total. The van der Waals surface area contributed by atoms with Crippen LogP contribution in [0.25, 0.3) is 0 Å². The maximum absolute atomic E-state index is 12.2. The summed E-state index contributed by atoms with van der Waals surface area (Å²) in [6, 6.07) is -0.959. The van der Waals surface area contributed by atoms with E-state index in [1.165, 1.54) is 6.33 Å². The van der Waals surface area contributed by atoms with E-state index in [0.29, 0.717) is 12.2 Å². The Hall–Kier alpha value is -2.05. The smallest absolute Gasteiger partial charge is 0.326 e. The minimum absolute atomic E-state index is 0.200. The number of aromatic amines is 1. The van der Waals surface area contributed by atoms with E-state index in [9.17, 15) is 14.7 Å². The molecule has 1 atom stereocenters. The molecule has 20 heavy (non-hydrogen) atoms. The highest BCUT2D eigenvalue weighted by Gasteiger charge is 2.33. The van der Waals surface area contributed by atoms with Gasteiger partial charge in [0.1, 0.15) is 6.04 Å². The van der Waals surface area contributed by atoms with Gasteiger partial charge in [-0.15, -0.1) is 0 Å². The van der Waals surface area contributed by atoms with Crippen molar-refractivity contribution in [1.82, 2.24) is 20.2 Å². The van der Waals surface area contributed by atoms with Crippen LogP contribution in [-0.2, 0) is 11.2 Å².